The molecular weight excluding hydrogens is 220 g/mol. The minimum atomic E-state index is 0.289. The summed E-state index contributed by atoms with van der Waals surface area (Å²) in [6.45, 7) is 6.38. The number of pyridine rings is 1. The molecular formula is C16H22N2. The molecule has 0 bridgehead atoms. The highest BCUT2D eigenvalue weighted by Crippen LogP contribution is 2.17. The van der Waals surface area contributed by atoms with E-state index in [2.05, 4.69) is 49.2 Å². The van der Waals surface area contributed by atoms with Crippen LogP contribution < -0.4 is 5.73 Å². The maximum atomic E-state index is 6.08. The van der Waals surface area contributed by atoms with Crippen LogP contribution in [0.25, 0.3) is 10.9 Å². The second kappa shape index (κ2) is 5.49. The topological polar surface area (TPSA) is 38.9 Å². The number of nitrogens with zero attached hydrogens (tertiary/aromatic N) is 1. The molecule has 2 aromatic rings. The van der Waals surface area contributed by atoms with E-state index in [9.17, 15) is 0 Å². The zero-order valence-corrected chi connectivity index (χ0v) is 11.5. The summed E-state index contributed by atoms with van der Waals surface area (Å²) in [5.41, 5.74) is 9.58. The van der Waals surface area contributed by atoms with Crippen LogP contribution in [0.4, 0.5) is 0 Å². The normalized spacial score (nSPS) is 13.2. The Hall–Kier alpha value is -1.41. The lowest BCUT2D eigenvalue weighted by molar-refractivity contribution is 0.464. The molecule has 0 spiro atoms. The van der Waals surface area contributed by atoms with Crippen LogP contribution in [0.1, 0.15) is 31.5 Å². The summed E-state index contributed by atoms with van der Waals surface area (Å²) >= 11 is 0. The third kappa shape index (κ3) is 3.08. The lowest BCUT2D eigenvalue weighted by Gasteiger charge is -2.15. The van der Waals surface area contributed by atoms with E-state index in [0.717, 1.165) is 24.1 Å². The van der Waals surface area contributed by atoms with Gasteiger partial charge in [-0.15, -0.1) is 0 Å². The average Bonchev–Trinajstić information content (AvgIpc) is 2.35. The zero-order valence-electron chi connectivity index (χ0n) is 11.5. The highest BCUT2D eigenvalue weighted by Gasteiger charge is 2.07. The van der Waals surface area contributed by atoms with Crippen molar-refractivity contribution >= 4 is 10.9 Å². The third-order valence-electron chi connectivity index (χ3n) is 3.52. The van der Waals surface area contributed by atoms with Gasteiger partial charge in [0.15, 0.2) is 0 Å². The van der Waals surface area contributed by atoms with Crippen molar-refractivity contribution in [2.45, 2.75) is 39.7 Å². The van der Waals surface area contributed by atoms with Crippen LogP contribution in [0.3, 0.4) is 0 Å². The van der Waals surface area contributed by atoms with Crippen LogP contribution in [-0.2, 0) is 6.42 Å². The first-order valence-corrected chi connectivity index (χ1v) is 6.68. The van der Waals surface area contributed by atoms with Crippen LogP contribution >= 0.6 is 0 Å². The molecule has 0 radical (unpaired) electrons. The molecule has 0 saturated carbocycles. The lowest BCUT2D eigenvalue weighted by Crippen LogP contribution is -2.26. The molecule has 18 heavy (non-hydrogen) atoms. The minimum Gasteiger partial charge on any atom is -0.327 e. The molecule has 2 nitrogen and oxygen atoms in total. The number of hydrogen-bond acceptors (Lipinski definition) is 2. The van der Waals surface area contributed by atoms with Gasteiger partial charge in [0.2, 0.25) is 0 Å². The van der Waals surface area contributed by atoms with Crippen molar-refractivity contribution < 1.29 is 0 Å². The third-order valence-corrected chi connectivity index (χ3v) is 3.52. The Morgan fingerprint density at radius 1 is 1.17 bits per heavy atom. The van der Waals surface area contributed by atoms with Gasteiger partial charge in [-0.3, -0.25) is 4.98 Å². The van der Waals surface area contributed by atoms with Crippen molar-refractivity contribution in [1.82, 2.24) is 4.98 Å². The van der Waals surface area contributed by atoms with Crippen molar-refractivity contribution in [3.8, 4) is 0 Å². The van der Waals surface area contributed by atoms with Gasteiger partial charge in [0.05, 0.1) is 5.52 Å². The van der Waals surface area contributed by atoms with Crippen molar-refractivity contribution in [3.63, 3.8) is 0 Å². The van der Waals surface area contributed by atoms with Gasteiger partial charge in [0, 0.05) is 17.1 Å². The highest BCUT2D eigenvalue weighted by molar-refractivity contribution is 5.79. The van der Waals surface area contributed by atoms with E-state index in [1.54, 1.807) is 0 Å². The second-order valence-corrected chi connectivity index (χ2v) is 5.43. The smallest absolute Gasteiger partial charge is 0.0705 e. The Morgan fingerprint density at radius 3 is 2.67 bits per heavy atom. The largest absolute Gasteiger partial charge is 0.327 e. The molecule has 0 fully saturated rings. The Kier molecular flexibility index (Phi) is 3.97. The average molecular weight is 242 g/mol. The lowest BCUT2D eigenvalue weighted by atomic mass is 9.97. The Bertz CT molecular complexity index is 532. The van der Waals surface area contributed by atoms with Crippen molar-refractivity contribution in [3.05, 3.63) is 41.6 Å². The van der Waals surface area contributed by atoms with Gasteiger partial charge in [-0.05, 0) is 49.4 Å². The van der Waals surface area contributed by atoms with E-state index in [1.807, 2.05) is 6.92 Å². The van der Waals surface area contributed by atoms with E-state index in [-0.39, 0.29) is 6.04 Å². The molecule has 1 unspecified atom stereocenters. The van der Waals surface area contributed by atoms with Gasteiger partial charge in [0.25, 0.3) is 0 Å². The van der Waals surface area contributed by atoms with Gasteiger partial charge in [-0.2, -0.15) is 0 Å². The van der Waals surface area contributed by atoms with Gasteiger partial charge in [0.1, 0.15) is 0 Å². The monoisotopic (exact) mass is 242 g/mol. The number of hydrogen-bond donors (Lipinski definition) is 1. The Balaban J connectivity index is 2.13. The van der Waals surface area contributed by atoms with Crippen molar-refractivity contribution in [2.75, 3.05) is 0 Å². The predicted octanol–water partition coefficient (Wildman–Crippen LogP) is 3.46. The number of fused-ring (bicyclic) bond motifs is 1. The number of aryl methyl sites for hydroxylation is 2. The first kappa shape index (κ1) is 13.0. The Morgan fingerprint density at radius 2 is 1.94 bits per heavy atom. The molecule has 2 N–H and O–H groups in total. The van der Waals surface area contributed by atoms with E-state index in [1.165, 1.54) is 10.9 Å². The molecule has 0 saturated heterocycles. The maximum Gasteiger partial charge on any atom is 0.0705 e. The van der Waals surface area contributed by atoms with Crippen molar-refractivity contribution in [2.24, 2.45) is 11.7 Å². The Labute approximate surface area is 109 Å². The van der Waals surface area contributed by atoms with Crippen molar-refractivity contribution in [1.29, 1.82) is 0 Å². The number of nitrogens with two attached hydrogens (primary N) is 1. The summed E-state index contributed by atoms with van der Waals surface area (Å²) < 4.78 is 0. The van der Waals surface area contributed by atoms with Crippen LogP contribution in [0.15, 0.2) is 30.3 Å². The molecule has 0 aliphatic rings. The fourth-order valence-electron chi connectivity index (χ4n) is 2.10. The molecule has 0 aliphatic heterocycles. The molecule has 1 aromatic carbocycles. The first-order chi connectivity index (χ1) is 8.56. The summed E-state index contributed by atoms with van der Waals surface area (Å²) in [6, 6.07) is 11.0. The first-order valence-electron chi connectivity index (χ1n) is 6.68. The summed E-state index contributed by atoms with van der Waals surface area (Å²) in [5, 5.41) is 1.22. The molecule has 1 aromatic heterocycles. The summed E-state index contributed by atoms with van der Waals surface area (Å²) in [6.07, 6.45) is 2.09. The highest BCUT2D eigenvalue weighted by atomic mass is 14.7. The molecule has 1 heterocycles. The van der Waals surface area contributed by atoms with Gasteiger partial charge in [-0.25, -0.2) is 0 Å². The van der Waals surface area contributed by atoms with E-state index >= 15 is 0 Å². The summed E-state index contributed by atoms with van der Waals surface area (Å²) in [7, 11) is 0. The van der Waals surface area contributed by atoms with Crippen LogP contribution in [0.5, 0.6) is 0 Å². The van der Waals surface area contributed by atoms with E-state index < -0.39 is 0 Å². The summed E-state index contributed by atoms with van der Waals surface area (Å²) in [4.78, 5) is 4.52. The van der Waals surface area contributed by atoms with Crippen LogP contribution in [0.2, 0.25) is 0 Å². The fraction of sp³-hybridized carbons (Fsp3) is 0.438. The quantitative estimate of drug-likeness (QED) is 0.891. The SMILES string of the molecule is Cc1ccc2cc(CCC(N)C(C)C)ccc2n1. The van der Waals surface area contributed by atoms with Gasteiger partial charge >= 0.3 is 0 Å². The molecule has 2 heteroatoms. The predicted molar refractivity (Wildman–Crippen MR) is 77.6 cm³/mol. The van der Waals surface area contributed by atoms with E-state index in [4.69, 9.17) is 5.73 Å². The standard InChI is InChI=1S/C16H22N2/c1-11(2)15(17)8-5-13-6-9-16-14(10-13)7-4-12(3)18-16/h4,6-7,9-11,15H,5,8,17H2,1-3H3. The number of rotatable bonds is 4. The number of aromatic nitrogens is 1. The van der Waals surface area contributed by atoms with Crippen LogP contribution in [0, 0.1) is 12.8 Å². The molecule has 0 amide bonds. The minimum absolute atomic E-state index is 0.289. The molecule has 2 rings (SSSR count). The molecule has 1 atom stereocenters. The second-order valence-electron chi connectivity index (χ2n) is 5.43. The van der Waals surface area contributed by atoms with Crippen LogP contribution in [-0.4, -0.2) is 11.0 Å². The fourth-order valence-corrected chi connectivity index (χ4v) is 2.10. The number of benzene rings is 1. The maximum absolute atomic E-state index is 6.08. The zero-order chi connectivity index (χ0) is 13.1. The molecule has 96 valence electrons. The van der Waals surface area contributed by atoms with Gasteiger partial charge < -0.3 is 5.73 Å². The van der Waals surface area contributed by atoms with E-state index in [0.29, 0.717) is 5.92 Å². The molecule has 0 aliphatic carbocycles. The van der Waals surface area contributed by atoms with Gasteiger partial charge in [-0.1, -0.05) is 26.0 Å². The summed E-state index contributed by atoms with van der Waals surface area (Å²) in [5.74, 6) is 0.551.